The molecule has 3 nitrogen and oxygen atoms in total. The molecule has 1 aromatic carbocycles. The molecule has 1 aliphatic rings. The molecule has 2 heterocycles. The topological polar surface area (TPSA) is 38.3 Å². The molecule has 3 rings (SSSR count). The largest absolute Gasteiger partial charge is 0.493 e. The van der Waals surface area contributed by atoms with Crippen LogP contribution in [0.3, 0.4) is 0 Å². The molecule has 104 valence electrons. The maximum Gasteiger partial charge on any atom is 0.228 e. The Hall–Kier alpha value is -1.33. The Bertz CT molecular complexity index is 626. The van der Waals surface area contributed by atoms with E-state index in [-0.39, 0.29) is 11.8 Å². The zero-order valence-corrected chi connectivity index (χ0v) is 13.2. The first-order chi connectivity index (χ1) is 9.74. The number of amides is 1. The van der Waals surface area contributed by atoms with Gasteiger partial charge in [0, 0.05) is 10.4 Å². The molecule has 0 spiro atoms. The highest BCUT2D eigenvalue weighted by Gasteiger charge is 2.27. The van der Waals surface area contributed by atoms with Crippen LogP contribution in [0, 0.1) is 0 Å². The third-order valence-corrected chi connectivity index (χ3v) is 4.96. The molecule has 0 bridgehead atoms. The number of carbonyl (C=O) groups is 1. The third-order valence-electron chi connectivity index (χ3n) is 3.34. The van der Waals surface area contributed by atoms with Gasteiger partial charge in [-0.25, -0.2) is 0 Å². The fourth-order valence-electron chi connectivity index (χ4n) is 2.36. The Kier molecular flexibility index (Phi) is 4.08. The summed E-state index contributed by atoms with van der Waals surface area (Å²) in [4.78, 5) is 13.5. The van der Waals surface area contributed by atoms with Crippen molar-refractivity contribution < 1.29 is 9.53 Å². The van der Waals surface area contributed by atoms with Crippen LogP contribution in [-0.4, -0.2) is 12.5 Å². The fourth-order valence-corrected chi connectivity index (χ4v) is 3.78. The Morgan fingerprint density at radius 2 is 2.20 bits per heavy atom. The minimum atomic E-state index is -0.108. The molecule has 1 aliphatic heterocycles. The number of para-hydroxylation sites is 1. The van der Waals surface area contributed by atoms with Crippen LogP contribution >= 0.6 is 27.3 Å². The van der Waals surface area contributed by atoms with Crippen LogP contribution in [0.15, 0.2) is 40.2 Å². The number of carbonyl (C=O) groups excluding carboxylic acids is 1. The molecule has 1 amide bonds. The summed E-state index contributed by atoms with van der Waals surface area (Å²) >= 11 is 5.07. The Labute approximate surface area is 130 Å². The van der Waals surface area contributed by atoms with Crippen molar-refractivity contribution in [2.45, 2.75) is 18.9 Å². The minimum Gasteiger partial charge on any atom is -0.493 e. The molecule has 1 unspecified atom stereocenters. The zero-order valence-electron chi connectivity index (χ0n) is 10.8. The molecule has 20 heavy (non-hydrogen) atoms. The quantitative estimate of drug-likeness (QED) is 0.915. The lowest BCUT2D eigenvalue weighted by atomic mass is 9.92. The summed E-state index contributed by atoms with van der Waals surface area (Å²) in [5.74, 6) is 0.798. The summed E-state index contributed by atoms with van der Waals surface area (Å²) in [5.41, 5.74) is 0.989. The van der Waals surface area contributed by atoms with Crippen LogP contribution in [-0.2, 0) is 11.3 Å². The number of rotatable bonds is 3. The molecule has 5 heteroatoms. The van der Waals surface area contributed by atoms with Gasteiger partial charge in [-0.05, 0) is 40.5 Å². The molecule has 1 atom stereocenters. The second-order valence-electron chi connectivity index (χ2n) is 4.65. The van der Waals surface area contributed by atoms with Crippen molar-refractivity contribution in [1.82, 2.24) is 5.32 Å². The van der Waals surface area contributed by atoms with Gasteiger partial charge in [-0.3, -0.25) is 4.79 Å². The summed E-state index contributed by atoms with van der Waals surface area (Å²) in [6.45, 7) is 1.17. The number of nitrogens with one attached hydrogen (secondary N) is 1. The first kappa shape index (κ1) is 13.6. The number of thiophene rings is 1. The summed E-state index contributed by atoms with van der Waals surface area (Å²) in [6, 6.07) is 11.8. The Morgan fingerprint density at radius 3 is 3.00 bits per heavy atom. The van der Waals surface area contributed by atoms with Gasteiger partial charge in [0.1, 0.15) is 5.75 Å². The van der Waals surface area contributed by atoms with E-state index in [1.807, 2.05) is 36.4 Å². The highest BCUT2D eigenvalue weighted by molar-refractivity contribution is 9.11. The SMILES string of the molecule is O=C(NCc1ccc(Br)s1)C1CCOc2ccccc21. The third kappa shape index (κ3) is 2.88. The maximum atomic E-state index is 12.4. The average Bonchev–Trinajstić information content (AvgIpc) is 2.90. The van der Waals surface area contributed by atoms with E-state index in [4.69, 9.17) is 4.74 Å². The molecular weight excluding hydrogens is 338 g/mol. The molecule has 0 saturated heterocycles. The Balaban J connectivity index is 1.69. The lowest BCUT2D eigenvalue weighted by Gasteiger charge is -2.24. The van der Waals surface area contributed by atoms with E-state index in [0.717, 1.165) is 26.4 Å². The second kappa shape index (κ2) is 5.97. The standard InChI is InChI=1S/C15H14BrNO2S/c16-14-6-5-10(20-14)9-17-15(18)12-7-8-19-13-4-2-1-3-11(12)13/h1-6,12H,7-9H2,(H,17,18). The van der Waals surface area contributed by atoms with Gasteiger partial charge >= 0.3 is 0 Å². The minimum absolute atomic E-state index is 0.0743. The summed E-state index contributed by atoms with van der Waals surface area (Å²) in [5, 5.41) is 3.02. The summed E-state index contributed by atoms with van der Waals surface area (Å²) in [6.07, 6.45) is 0.733. The molecule has 0 saturated carbocycles. The van der Waals surface area contributed by atoms with Crippen molar-refractivity contribution in [2.75, 3.05) is 6.61 Å². The molecule has 0 radical (unpaired) electrons. The van der Waals surface area contributed by atoms with Crippen LogP contribution in [0.25, 0.3) is 0 Å². The van der Waals surface area contributed by atoms with Crippen molar-refractivity contribution in [3.05, 3.63) is 50.6 Å². The number of halogens is 1. The highest BCUT2D eigenvalue weighted by atomic mass is 79.9. The van der Waals surface area contributed by atoms with Crippen LogP contribution in [0.2, 0.25) is 0 Å². The van der Waals surface area contributed by atoms with Gasteiger partial charge in [-0.1, -0.05) is 18.2 Å². The lowest BCUT2D eigenvalue weighted by Crippen LogP contribution is -2.31. The average molecular weight is 352 g/mol. The number of benzene rings is 1. The van der Waals surface area contributed by atoms with Gasteiger partial charge in [0.25, 0.3) is 0 Å². The first-order valence-electron chi connectivity index (χ1n) is 6.47. The number of ether oxygens (including phenoxy) is 1. The van der Waals surface area contributed by atoms with Crippen molar-refractivity contribution in [3.63, 3.8) is 0 Å². The van der Waals surface area contributed by atoms with E-state index in [1.54, 1.807) is 11.3 Å². The molecular formula is C15H14BrNO2S. The molecule has 2 aromatic rings. The second-order valence-corrected chi connectivity index (χ2v) is 7.20. The number of fused-ring (bicyclic) bond motifs is 1. The van der Waals surface area contributed by atoms with E-state index >= 15 is 0 Å². The highest BCUT2D eigenvalue weighted by Crippen LogP contribution is 2.33. The molecule has 0 fully saturated rings. The van der Waals surface area contributed by atoms with E-state index in [1.165, 1.54) is 0 Å². The Morgan fingerprint density at radius 1 is 1.35 bits per heavy atom. The van der Waals surface area contributed by atoms with Crippen molar-refractivity contribution in [2.24, 2.45) is 0 Å². The zero-order chi connectivity index (χ0) is 13.9. The lowest BCUT2D eigenvalue weighted by molar-refractivity contribution is -0.123. The van der Waals surface area contributed by atoms with Crippen LogP contribution in [0.1, 0.15) is 22.8 Å². The molecule has 0 aliphatic carbocycles. The maximum absolute atomic E-state index is 12.4. The van der Waals surface area contributed by atoms with Gasteiger partial charge in [-0.15, -0.1) is 11.3 Å². The number of hydrogen-bond acceptors (Lipinski definition) is 3. The van der Waals surface area contributed by atoms with E-state index in [0.29, 0.717) is 13.2 Å². The first-order valence-corrected chi connectivity index (χ1v) is 8.08. The van der Waals surface area contributed by atoms with Gasteiger partial charge in [-0.2, -0.15) is 0 Å². The monoisotopic (exact) mass is 351 g/mol. The van der Waals surface area contributed by atoms with Gasteiger partial charge in [0.15, 0.2) is 0 Å². The van der Waals surface area contributed by atoms with Crippen LogP contribution in [0.5, 0.6) is 5.75 Å². The predicted molar refractivity (Wildman–Crippen MR) is 83.2 cm³/mol. The summed E-state index contributed by atoms with van der Waals surface area (Å²) < 4.78 is 6.67. The van der Waals surface area contributed by atoms with E-state index < -0.39 is 0 Å². The van der Waals surface area contributed by atoms with E-state index in [2.05, 4.69) is 21.2 Å². The smallest absolute Gasteiger partial charge is 0.228 e. The predicted octanol–water partition coefficient (Wildman–Crippen LogP) is 3.69. The van der Waals surface area contributed by atoms with Gasteiger partial charge in [0.2, 0.25) is 5.91 Å². The summed E-state index contributed by atoms with van der Waals surface area (Å²) in [7, 11) is 0. The van der Waals surface area contributed by atoms with Crippen LogP contribution < -0.4 is 10.1 Å². The van der Waals surface area contributed by atoms with Crippen LogP contribution in [0.4, 0.5) is 0 Å². The van der Waals surface area contributed by atoms with Crippen molar-refractivity contribution >= 4 is 33.2 Å². The fraction of sp³-hybridized carbons (Fsp3) is 0.267. The van der Waals surface area contributed by atoms with Gasteiger partial charge in [0.05, 0.1) is 22.9 Å². The van der Waals surface area contributed by atoms with Gasteiger partial charge < -0.3 is 10.1 Å². The normalized spacial score (nSPS) is 17.1. The number of hydrogen-bond donors (Lipinski definition) is 1. The van der Waals surface area contributed by atoms with E-state index in [9.17, 15) is 4.79 Å². The molecule has 1 aromatic heterocycles. The van der Waals surface area contributed by atoms with Crippen molar-refractivity contribution in [1.29, 1.82) is 0 Å². The molecule has 1 N–H and O–H groups in total. The van der Waals surface area contributed by atoms with Crippen molar-refractivity contribution in [3.8, 4) is 5.75 Å².